The molecular weight excluding hydrogens is 440 g/mol. The summed E-state index contributed by atoms with van der Waals surface area (Å²) in [6.45, 7) is 0.505. The Morgan fingerprint density at radius 3 is 2.30 bits per heavy atom. The van der Waals surface area contributed by atoms with Gasteiger partial charge in [-0.1, -0.05) is 29.8 Å². The van der Waals surface area contributed by atoms with Gasteiger partial charge in [0.15, 0.2) is 12.4 Å². The Balaban J connectivity index is 1.50. The Kier molecular flexibility index (Phi) is 8.63. The summed E-state index contributed by atoms with van der Waals surface area (Å²) < 4.78 is 5.42. The molecule has 0 radical (unpaired) electrons. The first-order chi connectivity index (χ1) is 15.9. The van der Waals surface area contributed by atoms with Crippen LogP contribution in [0, 0.1) is 0 Å². The van der Waals surface area contributed by atoms with Gasteiger partial charge in [0.05, 0.1) is 6.61 Å². The first kappa shape index (κ1) is 24.0. The predicted molar refractivity (Wildman–Crippen MR) is 132 cm³/mol. The number of nitrogens with zero attached hydrogens (tertiary/aromatic N) is 1. The molecule has 170 valence electrons. The summed E-state index contributed by atoms with van der Waals surface area (Å²) >= 11 is 5.82. The third kappa shape index (κ3) is 7.49. The van der Waals surface area contributed by atoms with Gasteiger partial charge < -0.3 is 20.1 Å². The number of carbonyl (C=O) groups is 2. The fourth-order valence-electron chi connectivity index (χ4n) is 2.98. The molecule has 0 saturated heterocycles. The number of allylic oxidation sites excluding steroid dienone is 1. The van der Waals surface area contributed by atoms with Crippen LogP contribution in [0.4, 0.5) is 11.4 Å². The number of hydrogen-bond acceptors (Lipinski definition) is 5. The van der Waals surface area contributed by atoms with E-state index in [-0.39, 0.29) is 24.9 Å². The molecule has 0 saturated carbocycles. The fraction of sp³-hybridized carbons (Fsp3) is 0.154. The summed E-state index contributed by atoms with van der Waals surface area (Å²) in [4.78, 5) is 26.5. The number of nitrogens with one attached hydrogen (secondary N) is 1. The van der Waals surface area contributed by atoms with E-state index in [1.54, 1.807) is 54.6 Å². The van der Waals surface area contributed by atoms with Gasteiger partial charge in [0, 0.05) is 35.6 Å². The van der Waals surface area contributed by atoms with Crippen LogP contribution in [0.3, 0.4) is 0 Å². The Bertz CT molecular complexity index is 1090. The third-order valence-corrected chi connectivity index (χ3v) is 5.09. The van der Waals surface area contributed by atoms with Crippen molar-refractivity contribution in [3.05, 3.63) is 95.0 Å². The highest BCUT2D eigenvalue weighted by atomic mass is 35.5. The molecule has 0 bridgehead atoms. The van der Waals surface area contributed by atoms with Crippen LogP contribution in [-0.2, 0) is 4.79 Å². The van der Waals surface area contributed by atoms with Crippen LogP contribution in [0.5, 0.6) is 5.75 Å². The van der Waals surface area contributed by atoms with E-state index in [0.717, 1.165) is 11.3 Å². The fourth-order valence-corrected chi connectivity index (χ4v) is 3.11. The molecule has 0 atom stereocenters. The standard InChI is InChI=1S/C26H25ClN2O4/c1-29(16-17-30)23-11-2-19(3-12-23)4-15-25(31)20-5-9-22(10-6-20)28-26(32)18-33-24-13-7-21(27)8-14-24/h2-15,30H,16-18H2,1H3,(H,28,32)/b15-4+. The number of amides is 1. The minimum atomic E-state index is -0.308. The summed E-state index contributed by atoms with van der Waals surface area (Å²) in [5.41, 5.74) is 2.97. The highest BCUT2D eigenvalue weighted by Crippen LogP contribution is 2.17. The maximum absolute atomic E-state index is 12.5. The van der Waals surface area contributed by atoms with Crippen molar-refractivity contribution in [2.45, 2.75) is 0 Å². The maximum Gasteiger partial charge on any atom is 0.262 e. The zero-order valence-corrected chi connectivity index (χ0v) is 19.0. The second kappa shape index (κ2) is 11.9. The van der Waals surface area contributed by atoms with Gasteiger partial charge in [-0.05, 0) is 72.3 Å². The Morgan fingerprint density at radius 2 is 1.67 bits per heavy atom. The third-order valence-electron chi connectivity index (χ3n) is 4.83. The lowest BCUT2D eigenvalue weighted by Crippen LogP contribution is -2.20. The monoisotopic (exact) mass is 464 g/mol. The van der Waals surface area contributed by atoms with Crippen LogP contribution in [0.25, 0.3) is 6.08 Å². The summed E-state index contributed by atoms with van der Waals surface area (Å²) in [6.07, 6.45) is 3.27. The van der Waals surface area contributed by atoms with E-state index in [1.807, 2.05) is 36.2 Å². The molecular formula is C26H25ClN2O4. The second-order valence-corrected chi connectivity index (χ2v) is 7.74. The van der Waals surface area contributed by atoms with E-state index in [0.29, 0.717) is 28.6 Å². The summed E-state index contributed by atoms with van der Waals surface area (Å²) in [5.74, 6) is 0.103. The number of ketones is 1. The lowest BCUT2D eigenvalue weighted by molar-refractivity contribution is -0.118. The molecule has 0 aliphatic carbocycles. The Labute approximate surface area is 198 Å². The SMILES string of the molecule is CN(CCO)c1ccc(/C=C/C(=O)c2ccc(NC(=O)COc3ccc(Cl)cc3)cc2)cc1. The van der Waals surface area contributed by atoms with E-state index in [4.69, 9.17) is 21.4 Å². The molecule has 0 aromatic heterocycles. The molecule has 2 N–H and O–H groups in total. The molecule has 0 unspecified atom stereocenters. The van der Waals surface area contributed by atoms with Gasteiger partial charge in [-0.3, -0.25) is 9.59 Å². The van der Waals surface area contributed by atoms with E-state index in [2.05, 4.69) is 5.32 Å². The lowest BCUT2D eigenvalue weighted by Gasteiger charge is -2.17. The highest BCUT2D eigenvalue weighted by Gasteiger charge is 2.06. The van der Waals surface area contributed by atoms with E-state index in [1.165, 1.54) is 6.08 Å². The summed E-state index contributed by atoms with van der Waals surface area (Å²) in [6, 6.07) is 21.1. The maximum atomic E-state index is 12.5. The van der Waals surface area contributed by atoms with Crippen molar-refractivity contribution < 1.29 is 19.4 Å². The number of ether oxygens (including phenoxy) is 1. The topological polar surface area (TPSA) is 78.9 Å². The quantitative estimate of drug-likeness (QED) is 0.336. The zero-order chi connectivity index (χ0) is 23.6. The predicted octanol–water partition coefficient (Wildman–Crippen LogP) is 4.68. The minimum absolute atomic E-state index is 0.0896. The van der Waals surface area contributed by atoms with E-state index < -0.39 is 0 Å². The highest BCUT2D eigenvalue weighted by molar-refractivity contribution is 6.30. The number of aliphatic hydroxyl groups excluding tert-OH is 1. The van der Waals surface area contributed by atoms with Crippen LogP contribution < -0.4 is 15.0 Å². The number of hydrogen-bond donors (Lipinski definition) is 2. The molecule has 0 spiro atoms. The second-order valence-electron chi connectivity index (χ2n) is 7.30. The Hall–Kier alpha value is -3.61. The molecule has 3 aromatic rings. The average Bonchev–Trinajstić information content (AvgIpc) is 2.83. The first-order valence-corrected chi connectivity index (χ1v) is 10.7. The van der Waals surface area contributed by atoms with Crippen molar-refractivity contribution in [1.29, 1.82) is 0 Å². The van der Waals surface area contributed by atoms with Crippen LogP contribution in [-0.4, -0.2) is 43.6 Å². The van der Waals surface area contributed by atoms with Crippen molar-refractivity contribution in [2.24, 2.45) is 0 Å². The van der Waals surface area contributed by atoms with Crippen LogP contribution >= 0.6 is 11.6 Å². The van der Waals surface area contributed by atoms with E-state index >= 15 is 0 Å². The normalized spacial score (nSPS) is 10.8. The molecule has 3 rings (SSSR count). The average molecular weight is 465 g/mol. The Morgan fingerprint density at radius 1 is 1.00 bits per heavy atom. The van der Waals surface area contributed by atoms with Crippen LogP contribution in [0.1, 0.15) is 15.9 Å². The van der Waals surface area contributed by atoms with Gasteiger partial charge in [0.1, 0.15) is 5.75 Å². The molecule has 0 fully saturated rings. The molecule has 0 aliphatic rings. The van der Waals surface area contributed by atoms with Crippen molar-refractivity contribution in [1.82, 2.24) is 0 Å². The molecule has 33 heavy (non-hydrogen) atoms. The minimum Gasteiger partial charge on any atom is -0.484 e. The molecule has 6 nitrogen and oxygen atoms in total. The number of likely N-dealkylation sites (N-methyl/N-ethyl adjacent to an activating group) is 1. The first-order valence-electron chi connectivity index (χ1n) is 10.4. The van der Waals surface area contributed by atoms with Crippen LogP contribution in [0.15, 0.2) is 78.9 Å². The number of aliphatic hydroxyl groups is 1. The van der Waals surface area contributed by atoms with Gasteiger partial charge in [0.2, 0.25) is 0 Å². The molecule has 1 amide bonds. The number of rotatable bonds is 10. The molecule has 0 aliphatic heterocycles. The zero-order valence-electron chi connectivity index (χ0n) is 18.2. The number of carbonyl (C=O) groups excluding carboxylic acids is 2. The van der Waals surface area contributed by atoms with Gasteiger partial charge >= 0.3 is 0 Å². The lowest BCUT2D eigenvalue weighted by atomic mass is 10.1. The number of anilines is 2. The largest absolute Gasteiger partial charge is 0.484 e. The van der Waals surface area contributed by atoms with Crippen molar-refractivity contribution in [3.63, 3.8) is 0 Å². The summed E-state index contributed by atoms with van der Waals surface area (Å²) in [5, 5.41) is 12.3. The number of benzene rings is 3. The van der Waals surface area contributed by atoms with Crippen molar-refractivity contribution in [3.8, 4) is 5.75 Å². The molecule has 3 aromatic carbocycles. The van der Waals surface area contributed by atoms with Gasteiger partial charge in [-0.15, -0.1) is 0 Å². The van der Waals surface area contributed by atoms with Gasteiger partial charge in [-0.2, -0.15) is 0 Å². The molecule has 7 heteroatoms. The van der Waals surface area contributed by atoms with Gasteiger partial charge in [0.25, 0.3) is 5.91 Å². The van der Waals surface area contributed by atoms with Gasteiger partial charge in [-0.25, -0.2) is 0 Å². The van der Waals surface area contributed by atoms with Crippen molar-refractivity contribution >= 4 is 40.7 Å². The van der Waals surface area contributed by atoms with E-state index in [9.17, 15) is 9.59 Å². The van der Waals surface area contributed by atoms with Crippen molar-refractivity contribution in [2.75, 3.05) is 37.0 Å². The molecule has 0 heterocycles. The smallest absolute Gasteiger partial charge is 0.262 e. The van der Waals surface area contributed by atoms with Crippen LogP contribution in [0.2, 0.25) is 5.02 Å². The summed E-state index contributed by atoms with van der Waals surface area (Å²) in [7, 11) is 1.91. The number of halogens is 1.